The first-order valence-electron chi connectivity index (χ1n) is 10.9. The number of benzene rings is 1. The molecule has 3 rings (SSSR count). The Morgan fingerprint density at radius 1 is 1.19 bits per heavy atom. The normalized spacial score (nSPS) is 19.9. The Balaban J connectivity index is 1.75. The van der Waals surface area contributed by atoms with Gasteiger partial charge in [-0.25, -0.2) is 4.79 Å². The van der Waals surface area contributed by atoms with Gasteiger partial charge in [0.25, 0.3) is 5.91 Å². The van der Waals surface area contributed by atoms with Crippen LogP contribution in [0.5, 0.6) is 0 Å². The molecule has 2 aliphatic rings. The van der Waals surface area contributed by atoms with Crippen LogP contribution in [0.1, 0.15) is 63.2 Å². The van der Waals surface area contributed by atoms with Crippen LogP contribution < -0.4 is 10.2 Å². The summed E-state index contributed by atoms with van der Waals surface area (Å²) in [5, 5.41) is 2.96. The van der Waals surface area contributed by atoms with Gasteiger partial charge in [0.2, 0.25) is 5.91 Å². The first-order chi connectivity index (χ1) is 14.5. The van der Waals surface area contributed by atoms with Crippen LogP contribution in [-0.2, 0) is 9.53 Å². The van der Waals surface area contributed by atoms with Gasteiger partial charge in [0.1, 0.15) is 5.60 Å². The van der Waals surface area contributed by atoms with Crippen LogP contribution in [-0.4, -0.2) is 53.6 Å². The minimum Gasteiger partial charge on any atom is -0.444 e. The molecule has 168 valence electrons. The van der Waals surface area contributed by atoms with Gasteiger partial charge in [-0.15, -0.1) is 0 Å². The van der Waals surface area contributed by atoms with Crippen LogP contribution >= 0.6 is 0 Å². The lowest BCUT2D eigenvalue weighted by Gasteiger charge is -2.35. The van der Waals surface area contributed by atoms with E-state index in [1.807, 2.05) is 25.7 Å². The van der Waals surface area contributed by atoms with E-state index in [0.29, 0.717) is 17.8 Å². The number of likely N-dealkylation sites (tertiary alicyclic amines) is 1. The monoisotopic (exact) mass is 427 g/mol. The predicted molar refractivity (Wildman–Crippen MR) is 120 cm³/mol. The molecule has 1 saturated heterocycles. The standard InChI is InChI=1S/C24H33N3O4/c1-6-20(28)26(5)19-11-9-17(10-12-19)21(29)27-16-18(15-24(27)13-7-8-14-24)25-22(30)31-23(2,3)4/h6,9-12,18H,1,7-8,13-16H2,2-5H3,(H,25,30). The van der Waals surface area contributed by atoms with E-state index >= 15 is 0 Å². The molecule has 1 spiro atoms. The SMILES string of the molecule is C=CC(=O)N(C)c1ccc(C(=O)N2CC(NC(=O)OC(C)(C)C)CC23CCCC3)cc1. The Kier molecular flexibility index (Phi) is 6.43. The summed E-state index contributed by atoms with van der Waals surface area (Å²) in [5.41, 5.74) is 0.492. The van der Waals surface area contributed by atoms with Crippen molar-refractivity contribution in [3.63, 3.8) is 0 Å². The molecule has 0 aromatic heterocycles. The second kappa shape index (κ2) is 8.73. The van der Waals surface area contributed by atoms with Crippen molar-refractivity contribution in [1.29, 1.82) is 0 Å². The van der Waals surface area contributed by atoms with Gasteiger partial charge < -0.3 is 19.9 Å². The lowest BCUT2D eigenvalue weighted by molar-refractivity contribution is -0.113. The van der Waals surface area contributed by atoms with Gasteiger partial charge in [0, 0.05) is 30.4 Å². The first kappa shape index (κ1) is 22.8. The van der Waals surface area contributed by atoms with E-state index in [2.05, 4.69) is 11.9 Å². The topological polar surface area (TPSA) is 79.0 Å². The van der Waals surface area contributed by atoms with Gasteiger partial charge in [-0.1, -0.05) is 19.4 Å². The summed E-state index contributed by atoms with van der Waals surface area (Å²) in [6, 6.07) is 6.90. The molecule has 1 atom stereocenters. The van der Waals surface area contributed by atoms with E-state index < -0.39 is 11.7 Å². The molecule has 1 aliphatic carbocycles. The lowest BCUT2D eigenvalue weighted by atomic mass is 9.92. The maximum Gasteiger partial charge on any atom is 0.407 e. The maximum absolute atomic E-state index is 13.4. The molecule has 1 heterocycles. The van der Waals surface area contributed by atoms with Gasteiger partial charge in [-0.05, 0) is 70.4 Å². The van der Waals surface area contributed by atoms with Crippen LogP contribution in [0, 0.1) is 0 Å². The molecule has 31 heavy (non-hydrogen) atoms. The van der Waals surface area contributed by atoms with E-state index in [0.717, 1.165) is 32.1 Å². The molecular weight excluding hydrogens is 394 g/mol. The minimum atomic E-state index is -0.564. The van der Waals surface area contributed by atoms with Gasteiger partial charge in [0.15, 0.2) is 0 Å². The summed E-state index contributed by atoms with van der Waals surface area (Å²) >= 11 is 0. The zero-order chi connectivity index (χ0) is 22.8. The fourth-order valence-electron chi connectivity index (χ4n) is 4.67. The molecule has 2 fully saturated rings. The molecule has 1 unspecified atom stereocenters. The zero-order valence-corrected chi connectivity index (χ0v) is 18.9. The molecule has 7 heteroatoms. The van der Waals surface area contributed by atoms with Crippen LogP contribution in [0.2, 0.25) is 0 Å². The lowest BCUT2D eigenvalue weighted by Crippen LogP contribution is -2.45. The van der Waals surface area contributed by atoms with Crippen molar-refractivity contribution in [2.75, 3.05) is 18.5 Å². The molecule has 1 saturated carbocycles. The van der Waals surface area contributed by atoms with E-state index in [1.54, 1.807) is 31.3 Å². The Morgan fingerprint density at radius 2 is 1.81 bits per heavy atom. The van der Waals surface area contributed by atoms with Crippen LogP contribution in [0.15, 0.2) is 36.9 Å². The fraction of sp³-hybridized carbons (Fsp3) is 0.542. The Labute approximate surface area is 184 Å². The van der Waals surface area contributed by atoms with Crippen molar-refractivity contribution in [2.45, 2.75) is 70.1 Å². The molecular formula is C24H33N3O4. The number of nitrogens with zero attached hydrogens (tertiary/aromatic N) is 2. The number of alkyl carbamates (subject to hydrolysis) is 1. The number of hydrogen-bond donors (Lipinski definition) is 1. The van der Waals surface area contributed by atoms with Crippen molar-refractivity contribution in [2.24, 2.45) is 0 Å². The summed E-state index contributed by atoms with van der Waals surface area (Å²) in [5.74, 6) is -0.251. The zero-order valence-electron chi connectivity index (χ0n) is 18.9. The average Bonchev–Trinajstić information content (AvgIpc) is 3.32. The number of anilines is 1. The highest BCUT2D eigenvalue weighted by Crippen LogP contribution is 2.44. The second-order valence-corrected chi connectivity index (χ2v) is 9.54. The van der Waals surface area contributed by atoms with Gasteiger partial charge in [-0.2, -0.15) is 0 Å². The molecule has 7 nitrogen and oxygen atoms in total. The van der Waals surface area contributed by atoms with E-state index in [4.69, 9.17) is 4.74 Å². The molecule has 3 amide bonds. The van der Waals surface area contributed by atoms with Crippen molar-refractivity contribution < 1.29 is 19.1 Å². The van der Waals surface area contributed by atoms with E-state index in [1.165, 1.54) is 11.0 Å². The van der Waals surface area contributed by atoms with Gasteiger partial charge >= 0.3 is 6.09 Å². The van der Waals surface area contributed by atoms with Crippen LogP contribution in [0.4, 0.5) is 10.5 Å². The van der Waals surface area contributed by atoms with Crippen LogP contribution in [0.25, 0.3) is 0 Å². The van der Waals surface area contributed by atoms with Crippen molar-refractivity contribution in [1.82, 2.24) is 10.2 Å². The molecule has 1 aliphatic heterocycles. The molecule has 1 N–H and O–H groups in total. The molecule has 0 bridgehead atoms. The summed E-state index contributed by atoms with van der Waals surface area (Å²) in [4.78, 5) is 40.9. The van der Waals surface area contributed by atoms with Crippen molar-refractivity contribution in [3.05, 3.63) is 42.5 Å². The summed E-state index contributed by atoms with van der Waals surface area (Å²) < 4.78 is 5.40. The summed E-state index contributed by atoms with van der Waals surface area (Å²) in [6.07, 6.45) is 5.60. The smallest absolute Gasteiger partial charge is 0.407 e. The van der Waals surface area contributed by atoms with Crippen molar-refractivity contribution >= 4 is 23.6 Å². The number of hydrogen-bond acceptors (Lipinski definition) is 4. The van der Waals surface area contributed by atoms with E-state index in [9.17, 15) is 14.4 Å². The summed E-state index contributed by atoms with van der Waals surface area (Å²) in [7, 11) is 1.67. The molecule has 1 aromatic carbocycles. The second-order valence-electron chi connectivity index (χ2n) is 9.54. The number of amides is 3. The first-order valence-corrected chi connectivity index (χ1v) is 10.9. The number of rotatable bonds is 4. The highest BCUT2D eigenvalue weighted by molar-refractivity contribution is 6.01. The molecule has 0 radical (unpaired) electrons. The Bertz CT molecular complexity index is 851. The number of nitrogens with one attached hydrogen (secondary N) is 1. The minimum absolute atomic E-state index is 0.0420. The van der Waals surface area contributed by atoms with Gasteiger partial charge in [0.05, 0.1) is 6.04 Å². The van der Waals surface area contributed by atoms with Crippen LogP contribution in [0.3, 0.4) is 0 Å². The maximum atomic E-state index is 13.4. The third-order valence-electron chi connectivity index (χ3n) is 6.11. The average molecular weight is 428 g/mol. The third kappa shape index (κ3) is 5.09. The third-order valence-corrected chi connectivity index (χ3v) is 6.11. The fourth-order valence-corrected chi connectivity index (χ4v) is 4.67. The highest BCUT2D eigenvalue weighted by atomic mass is 16.6. The number of likely N-dealkylation sites (N-methyl/N-ethyl adjacent to an activating group) is 1. The quantitative estimate of drug-likeness (QED) is 0.740. The predicted octanol–water partition coefficient (Wildman–Crippen LogP) is 3.89. The highest BCUT2D eigenvalue weighted by Gasteiger charge is 2.49. The number of carbonyl (C=O) groups is 3. The Morgan fingerprint density at radius 3 is 2.35 bits per heavy atom. The van der Waals surface area contributed by atoms with Gasteiger partial charge in [-0.3, -0.25) is 9.59 Å². The molecule has 1 aromatic rings. The number of ether oxygens (including phenoxy) is 1. The van der Waals surface area contributed by atoms with E-state index in [-0.39, 0.29) is 23.4 Å². The van der Waals surface area contributed by atoms with Crippen molar-refractivity contribution in [3.8, 4) is 0 Å². The number of carbonyl (C=O) groups excluding carboxylic acids is 3. The summed E-state index contributed by atoms with van der Waals surface area (Å²) in [6.45, 7) is 9.47. The largest absolute Gasteiger partial charge is 0.444 e. The Hall–Kier alpha value is -2.83.